The smallest absolute Gasteiger partial charge is 0.134 e. The van der Waals surface area contributed by atoms with Gasteiger partial charge in [-0.25, -0.2) is 0 Å². The quantitative estimate of drug-likeness (QED) is 0.912. The molecule has 3 heteroatoms. The Morgan fingerprint density at radius 3 is 2.05 bits per heavy atom. The van der Waals surface area contributed by atoms with E-state index in [-0.39, 0.29) is 5.75 Å². The molecule has 0 radical (unpaired) electrons. The number of benzene rings is 2. The van der Waals surface area contributed by atoms with Crippen LogP contribution < -0.4 is 9.47 Å². The molecule has 0 aliphatic carbocycles. The van der Waals surface area contributed by atoms with Crippen molar-refractivity contribution in [2.45, 2.75) is 13.8 Å². The van der Waals surface area contributed by atoms with Gasteiger partial charge in [0.15, 0.2) is 0 Å². The van der Waals surface area contributed by atoms with Crippen molar-refractivity contribution in [1.82, 2.24) is 0 Å². The Morgan fingerprint density at radius 1 is 0.947 bits per heavy atom. The fraction of sp³-hybridized carbons (Fsp3) is 0.250. The molecule has 2 aromatic rings. The third-order valence-corrected chi connectivity index (χ3v) is 3.36. The minimum Gasteiger partial charge on any atom is -0.508 e. The maximum Gasteiger partial charge on any atom is 0.134 e. The van der Waals surface area contributed by atoms with E-state index in [1.165, 1.54) is 11.1 Å². The molecule has 2 rings (SSSR count). The highest BCUT2D eigenvalue weighted by Gasteiger charge is 2.16. The molecule has 0 heterocycles. The molecule has 0 saturated carbocycles. The van der Waals surface area contributed by atoms with Gasteiger partial charge in [-0.2, -0.15) is 0 Å². The predicted octanol–water partition coefficient (Wildman–Crippen LogP) is 3.69. The average molecular weight is 258 g/mol. The average Bonchev–Trinajstić information content (AvgIpc) is 2.41. The minimum atomic E-state index is 0.128. The molecule has 3 nitrogen and oxygen atoms in total. The third kappa shape index (κ3) is 2.36. The lowest BCUT2D eigenvalue weighted by atomic mass is 9.95. The summed E-state index contributed by atoms with van der Waals surface area (Å²) in [5.41, 5.74) is 4.29. The molecule has 0 spiro atoms. The lowest BCUT2D eigenvalue weighted by Crippen LogP contribution is -1.95. The summed E-state index contributed by atoms with van der Waals surface area (Å²) >= 11 is 0. The minimum absolute atomic E-state index is 0.128. The molecular formula is C16H18O3. The van der Waals surface area contributed by atoms with Crippen LogP contribution in [0.3, 0.4) is 0 Å². The monoisotopic (exact) mass is 258 g/mol. The van der Waals surface area contributed by atoms with Crippen LogP contribution in [0.15, 0.2) is 30.3 Å². The summed E-state index contributed by atoms with van der Waals surface area (Å²) in [5, 5.41) is 9.69. The van der Waals surface area contributed by atoms with Gasteiger partial charge in [0.2, 0.25) is 0 Å². The molecule has 0 bridgehead atoms. The molecule has 100 valence electrons. The van der Waals surface area contributed by atoms with E-state index in [1.54, 1.807) is 26.4 Å². The van der Waals surface area contributed by atoms with Gasteiger partial charge in [-0.3, -0.25) is 0 Å². The van der Waals surface area contributed by atoms with Crippen molar-refractivity contribution in [2.24, 2.45) is 0 Å². The highest BCUT2D eigenvalue weighted by Crippen LogP contribution is 2.42. The number of methoxy groups -OCH3 is 2. The van der Waals surface area contributed by atoms with Crippen LogP contribution in [-0.4, -0.2) is 19.3 Å². The van der Waals surface area contributed by atoms with Crippen molar-refractivity contribution in [3.8, 4) is 28.4 Å². The first-order valence-electron chi connectivity index (χ1n) is 6.10. The molecule has 2 aromatic carbocycles. The van der Waals surface area contributed by atoms with Crippen LogP contribution in [0.25, 0.3) is 11.1 Å². The Kier molecular flexibility index (Phi) is 3.65. The first kappa shape index (κ1) is 13.3. The van der Waals surface area contributed by atoms with Crippen LogP contribution in [0, 0.1) is 13.8 Å². The first-order valence-corrected chi connectivity index (χ1v) is 6.10. The van der Waals surface area contributed by atoms with Gasteiger partial charge in [0.25, 0.3) is 0 Å². The van der Waals surface area contributed by atoms with Crippen LogP contribution >= 0.6 is 0 Å². The highest BCUT2D eigenvalue weighted by molar-refractivity contribution is 5.80. The fourth-order valence-corrected chi connectivity index (χ4v) is 2.19. The Morgan fingerprint density at radius 2 is 1.53 bits per heavy atom. The Hall–Kier alpha value is -2.16. The molecule has 0 aromatic heterocycles. The lowest BCUT2D eigenvalue weighted by molar-refractivity contribution is 0.388. The Labute approximate surface area is 113 Å². The molecule has 0 fully saturated rings. The van der Waals surface area contributed by atoms with Gasteiger partial charge in [0.05, 0.1) is 19.8 Å². The van der Waals surface area contributed by atoms with Crippen molar-refractivity contribution in [3.05, 3.63) is 41.5 Å². The van der Waals surface area contributed by atoms with E-state index in [1.807, 2.05) is 12.1 Å². The molecule has 0 saturated heterocycles. The highest BCUT2D eigenvalue weighted by atomic mass is 16.5. The summed E-state index contributed by atoms with van der Waals surface area (Å²) in [6.45, 7) is 4.13. The van der Waals surface area contributed by atoms with E-state index in [9.17, 15) is 5.11 Å². The van der Waals surface area contributed by atoms with Gasteiger partial charge < -0.3 is 14.6 Å². The second kappa shape index (κ2) is 5.22. The first-order chi connectivity index (χ1) is 9.08. The number of rotatable bonds is 3. The van der Waals surface area contributed by atoms with E-state index < -0.39 is 0 Å². The summed E-state index contributed by atoms with van der Waals surface area (Å²) in [5.74, 6) is 1.33. The van der Waals surface area contributed by atoms with Crippen LogP contribution in [0.4, 0.5) is 0 Å². The number of hydrogen-bond donors (Lipinski definition) is 1. The molecule has 0 amide bonds. The predicted molar refractivity (Wildman–Crippen MR) is 76.1 cm³/mol. The zero-order valence-corrected chi connectivity index (χ0v) is 11.7. The number of ether oxygens (including phenoxy) is 2. The Bertz CT molecular complexity index is 578. The maximum absolute atomic E-state index is 9.69. The second-order valence-electron chi connectivity index (χ2n) is 4.47. The van der Waals surface area contributed by atoms with Crippen LogP contribution in [0.1, 0.15) is 11.1 Å². The van der Waals surface area contributed by atoms with E-state index in [0.29, 0.717) is 11.5 Å². The van der Waals surface area contributed by atoms with E-state index >= 15 is 0 Å². The van der Waals surface area contributed by atoms with E-state index in [2.05, 4.69) is 19.9 Å². The zero-order valence-electron chi connectivity index (χ0n) is 11.7. The largest absolute Gasteiger partial charge is 0.508 e. The van der Waals surface area contributed by atoms with Crippen LogP contribution in [-0.2, 0) is 0 Å². The maximum atomic E-state index is 9.69. The summed E-state index contributed by atoms with van der Waals surface area (Å²) in [6, 6.07) is 9.29. The van der Waals surface area contributed by atoms with Crippen molar-refractivity contribution < 1.29 is 14.6 Å². The van der Waals surface area contributed by atoms with Gasteiger partial charge in [0.1, 0.15) is 17.2 Å². The van der Waals surface area contributed by atoms with E-state index in [0.717, 1.165) is 11.1 Å². The van der Waals surface area contributed by atoms with Gasteiger partial charge in [-0.05, 0) is 30.5 Å². The molecule has 0 aliphatic rings. The summed E-state index contributed by atoms with van der Waals surface area (Å²) in [7, 11) is 3.17. The van der Waals surface area contributed by atoms with Crippen LogP contribution in [0.5, 0.6) is 17.2 Å². The van der Waals surface area contributed by atoms with Gasteiger partial charge >= 0.3 is 0 Å². The lowest BCUT2D eigenvalue weighted by Gasteiger charge is -2.16. The normalized spacial score (nSPS) is 10.3. The summed E-state index contributed by atoms with van der Waals surface area (Å²) in [4.78, 5) is 0. The standard InChI is InChI=1S/C16H18O3/c1-10-6-5-7-13(11(10)2)16-14(18-3)8-12(17)9-15(16)19-4/h5-9,17H,1-4H3. The topological polar surface area (TPSA) is 38.7 Å². The molecule has 19 heavy (non-hydrogen) atoms. The molecule has 0 atom stereocenters. The number of aromatic hydroxyl groups is 1. The number of hydrogen-bond acceptors (Lipinski definition) is 3. The van der Waals surface area contributed by atoms with Crippen molar-refractivity contribution >= 4 is 0 Å². The second-order valence-corrected chi connectivity index (χ2v) is 4.47. The molecule has 0 unspecified atom stereocenters. The summed E-state index contributed by atoms with van der Waals surface area (Å²) in [6.07, 6.45) is 0. The van der Waals surface area contributed by atoms with Crippen molar-refractivity contribution in [3.63, 3.8) is 0 Å². The van der Waals surface area contributed by atoms with Gasteiger partial charge in [0, 0.05) is 12.1 Å². The zero-order chi connectivity index (χ0) is 14.0. The van der Waals surface area contributed by atoms with Crippen molar-refractivity contribution in [1.29, 1.82) is 0 Å². The fourth-order valence-electron chi connectivity index (χ4n) is 2.19. The van der Waals surface area contributed by atoms with E-state index in [4.69, 9.17) is 9.47 Å². The van der Waals surface area contributed by atoms with Crippen LogP contribution in [0.2, 0.25) is 0 Å². The SMILES string of the molecule is COc1cc(O)cc(OC)c1-c1cccc(C)c1C. The van der Waals surface area contributed by atoms with Crippen molar-refractivity contribution in [2.75, 3.05) is 14.2 Å². The molecule has 1 N–H and O–H groups in total. The number of aryl methyl sites for hydroxylation is 1. The third-order valence-electron chi connectivity index (χ3n) is 3.36. The number of phenolic OH excluding ortho intramolecular Hbond substituents is 1. The van der Waals surface area contributed by atoms with Gasteiger partial charge in [-0.15, -0.1) is 0 Å². The number of phenols is 1. The Balaban J connectivity index is 2.76. The summed E-state index contributed by atoms with van der Waals surface area (Å²) < 4.78 is 10.8. The molecule has 0 aliphatic heterocycles. The molecular weight excluding hydrogens is 240 g/mol. The van der Waals surface area contributed by atoms with Gasteiger partial charge in [-0.1, -0.05) is 18.2 Å².